The molecule has 1 aromatic carbocycles. The van der Waals surface area contributed by atoms with Crippen LogP contribution in [0.15, 0.2) is 30.3 Å². The molecule has 1 heterocycles. The van der Waals surface area contributed by atoms with Crippen molar-refractivity contribution in [3.8, 4) is 5.69 Å². The number of halogens is 3. The lowest BCUT2D eigenvalue weighted by Gasteiger charge is -2.09. The van der Waals surface area contributed by atoms with Gasteiger partial charge in [0.05, 0.1) is 11.3 Å². The molecule has 18 heavy (non-hydrogen) atoms. The van der Waals surface area contributed by atoms with E-state index in [9.17, 15) is 13.2 Å². The van der Waals surface area contributed by atoms with Gasteiger partial charge >= 0.3 is 6.18 Å². The maximum atomic E-state index is 12.6. The Balaban J connectivity index is 2.51. The zero-order valence-corrected chi connectivity index (χ0v) is 10.4. The molecule has 0 aliphatic heterocycles. The largest absolute Gasteiger partial charge is 0.416 e. The van der Waals surface area contributed by atoms with E-state index in [4.69, 9.17) is 12.2 Å². The molecule has 0 aliphatic rings. The molecule has 2 nitrogen and oxygen atoms in total. The van der Waals surface area contributed by atoms with Gasteiger partial charge < -0.3 is 0 Å². The maximum Gasteiger partial charge on any atom is 0.416 e. The number of nitrogens with one attached hydrogen (secondary N) is 1. The summed E-state index contributed by atoms with van der Waals surface area (Å²) in [7, 11) is 0. The first-order valence-corrected chi connectivity index (χ1v) is 5.81. The monoisotopic (exact) mass is 272 g/mol. The molecule has 0 fully saturated rings. The Morgan fingerprint density at radius 1 is 1.28 bits per heavy atom. The van der Waals surface area contributed by atoms with Gasteiger partial charge in [0.2, 0.25) is 0 Å². The average molecular weight is 272 g/mol. The second-order valence-electron chi connectivity index (χ2n) is 3.86. The van der Waals surface area contributed by atoms with Gasteiger partial charge in [-0.15, -0.1) is 0 Å². The van der Waals surface area contributed by atoms with Crippen LogP contribution in [0.4, 0.5) is 13.2 Å². The van der Waals surface area contributed by atoms with Gasteiger partial charge in [0.25, 0.3) is 0 Å². The number of hydrogen-bond donors (Lipinski definition) is 1. The number of aryl methyl sites for hydroxylation is 1. The highest BCUT2D eigenvalue weighted by molar-refractivity contribution is 7.71. The lowest BCUT2D eigenvalue weighted by Crippen LogP contribution is -2.06. The van der Waals surface area contributed by atoms with Crippen LogP contribution >= 0.6 is 12.2 Å². The number of aromatic nitrogens is 2. The first kappa shape index (κ1) is 12.9. The molecular formula is C12H11F3N2S. The molecule has 2 rings (SSSR count). The minimum atomic E-state index is -4.35. The van der Waals surface area contributed by atoms with Crippen LogP contribution in [0.5, 0.6) is 0 Å². The summed E-state index contributed by atoms with van der Waals surface area (Å²) in [5.41, 5.74) is 0.585. The first-order valence-electron chi connectivity index (χ1n) is 5.40. The smallest absolute Gasteiger partial charge is 0.297 e. The molecule has 6 heteroatoms. The summed E-state index contributed by atoms with van der Waals surface area (Å²) in [6.45, 7) is 1.94. The summed E-state index contributed by atoms with van der Waals surface area (Å²) in [5, 5.41) is 2.97. The third kappa shape index (κ3) is 2.48. The lowest BCUT2D eigenvalue weighted by atomic mass is 10.2. The Kier molecular flexibility index (Phi) is 3.30. The number of alkyl halides is 3. The minimum Gasteiger partial charge on any atom is -0.297 e. The lowest BCUT2D eigenvalue weighted by molar-refractivity contribution is -0.137. The zero-order valence-electron chi connectivity index (χ0n) is 9.58. The van der Waals surface area contributed by atoms with Crippen molar-refractivity contribution in [1.29, 1.82) is 0 Å². The van der Waals surface area contributed by atoms with E-state index in [-0.39, 0.29) is 0 Å². The van der Waals surface area contributed by atoms with Crippen molar-refractivity contribution in [2.75, 3.05) is 0 Å². The normalized spacial score (nSPS) is 11.8. The van der Waals surface area contributed by atoms with Gasteiger partial charge in [-0.05, 0) is 30.7 Å². The molecule has 96 valence electrons. The van der Waals surface area contributed by atoms with E-state index in [0.717, 1.165) is 24.2 Å². The number of rotatable bonds is 2. The highest BCUT2D eigenvalue weighted by atomic mass is 32.1. The van der Waals surface area contributed by atoms with E-state index in [1.807, 2.05) is 6.92 Å². The number of nitrogens with zero attached hydrogens (tertiary/aromatic N) is 1. The molecule has 0 amide bonds. The molecule has 1 aromatic heterocycles. The quantitative estimate of drug-likeness (QED) is 0.816. The summed E-state index contributed by atoms with van der Waals surface area (Å²) in [6.07, 6.45) is -3.60. The fourth-order valence-electron chi connectivity index (χ4n) is 1.64. The van der Waals surface area contributed by atoms with Crippen LogP contribution in [-0.4, -0.2) is 9.78 Å². The summed E-state index contributed by atoms with van der Waals surface area (Å²) in [4.78, 5) is 0. The number of hydrogen-bond acceptors (Lipinski definition) is 1. The maximum absolute atomic E-state index is 12.6. The molecule has 0 saturated heterocycles. The summed E-state index contributed by atoms with van der Waals surface area (Å²) >= 11 is 5.11. The summed E-state index contributed by atoms with van der Waals surface area (Å²) < 4.78 is 39.8. The van der Waals surface area contributed by atoms with Gasteiger partial charge in [-0.25, -0.2) is 4.68 Å². The molecular weight excluding hydrogens is 261 g/mol. The first-order chi connectivity index (χ1) is 8.41. The van der Waals surface area contributed by atoms with Crippen LogP contribution in [-0.2, 0) is 12.6 Å². The van der Waals surface area contributed by atoms with E-state index >= 15 is 0 Å². The Bertz CT molecular complexity index is 610. The van der Waals surface area contributed by atoms with E-state index in [1.165, 1.54) is 10.7 Å². The predicted octanol–water partition coefficient (Wildman–Crippen LogP) is 4.12. The van der Waals surface area contributed by atoms with Crippen LogP contribution in [0.25, 0.3) is 5.69 Å². The van der Waals surface area contributed by atoms with Crippen molar-refractivity contribution in [2.45, 2.75) is 19.5 Å². The van der Waals surface area contributed by atoms with E-state index < -0.39 is 11.7 Å². The Hall–Kier alpha value is -1.56. The SMILES string of the molecule is CCc1cc(=S)n(-c2cccc(C(F)(F)F)c2)[nH]1. The molecule has 0 unspecified atom stereocenters. The molecule has 1 N–H and O–H groups in total. The number of aromatic amines is 1. The third-order valence-electron chi connectivity index (χ3n) is 2.59. The Labute approximate surface area is 107 Å². The fourth-order valence-corrected chi connectivity index (χ4v) is 1.93. The Morgan fingerprint density at radius 3 is 2.56 bits per heavy atom. The van der Waals surface area contributed by atoms with E-state index in [1.54, 1.807) is 12.1 Å². The molecule has 0 aliphatic carbocycles. The molecule has 0 atom stereocenters. The van der Waals surface area contributed by atoms with Crippen molar-refractivity contribution in [2.24, 2.45) is 0 Å². The van der Waals surface area contributed by atoms with Crippen LogP contribution in [0.2, 0.25) is 0 Å². The zero-order chi connectivity index (χ0) is 13.3. The van der Waals surface area contributed by atoms with Gasteiger partial charge in [0.1, 0.15) is 4.64 Å². The van der Waals surface area contributed by atoms with Gasteiger partial charge in [-0.3, -0.25) is 5.10 Å². The van der Waals surface area contributed by atoms with Crippen molar-refractivity contribution in [1.82, 2.24) is 9.78 Å². The van der Waals surface area contributed by atoms with Gasteiger partial charge in [-0.1, -0.05) is 25.2 Å². The van der Waals surface area contributed by atoms with Crippen LogP contribution in [0.1, 0.15) is 18.2 Å². The Morgan fingerprint density at radius 2 is 2.00 bits per heavy atom. The van der Waals surface area contributed by atoms with Gasteiger partial charge in [0.15, 0.2) is 0 Å². The van der Waals surface area contributed by atoms with Crippen LogP contribution < -0.4 is 0 Å². The second kappa shape index (κ2) is 4.61. The van der Waals surface area contributed by atoms with Crippen molar-refractivity contribution in [3.63, 3.8) is 0 Å². The van der Waals surface area contributed by atoms with Crippen molar-refractivity contribution in [3.05, 3.63) is 46.2 Å². The topological polar surface area (TPSA) is 20.7 Å². The standard InChI is InChI=1S/C12H11F3N2S/c1-2-9-7-11(18)17(16-9)10-5-3-4-8(6-10)12(13,14)15/h3-7,16H,2H2,1H3. The van der Waals surface area contributed by atoms with Crippen LogP contribution in [0.3, 0.4) is 0 Å². The predicted molar refractivity (Wildman–Crippen MR) is 65.3 cm³/mol. The van der Waals surface area contributed by atoms with Gasteiger partial charge in [0, 0.05) is 5.69 Å². The summed E-state index contributed by atoms with van der Waals surface area (Å²) in [5.74, 6) is 0. The van der Waals surface area contributed by atoms with E-state index in [0.29, 0.717) is 10.3 Å². The van der Waals surface area contributed by atoms with E-state index in [2.05, 4.69) is 5.10 Å². The van der Waals surface area contributed by atoms with Crippen LogP contribution in [0, 0.1) is 4.64 Å². The molecule has 0 bridgehead atoms. The number of benzene rings is 1. The van der Waals surface area contributed by atoms with Crippen molar-refractivity contribution < 1.29 is 13.2 Å². The second-order valence-corrected chi connectivity index (χ2v) is 4.27. The van der Waals surface area contributed by atoms with Crippen molar-refractivity contribution >= 4 is 12.2 Å². The molecule has 2 aromatic rings. The fraction of sp³-hybridized carbons (Fsp3) is 0.250. The summed E-state index contributed by atoms with van der Waals surface area (Å²) in [6, 6.07) is 6.81. The highest BCUT2D eigenvalue weighted by Gasteiger charge is 2.30. The highest BCUT2D eigenvalue weighted by Crippen LogP contribution is 2.30. The number of H-pyrrole nitrogens is 1. The molecule has 0 spiro atoms. The third-order valence-corrected chi connectivity index (χ3v) is 2.89. The molecule has 0 saturated carbocycles. The van der Waals surface area contributed by atoms with Gasteiger partial charge in [-0.2, -0.15) is 13.2 Å². The minimum absolute atomic E-state index is 0.384. The molecule has 0 radical (unpaired) electrons. The average Bonchev–Trinajstić information content (AvgIpc) is 2.70.